The van der Waals surface area contributed by atoms with Crippen molar-refractivity contribution in [1.29, 1.82) is 0 Å². The maximum Gasteiger partial charge on any atom is 0.139 e. The van der Waals surface area contributed by atoms with Gasteiger partial charge in [-0.05, 0) is 37.5 Å². The predicted molar refractivity (Wildman–Crippen MR) is 65.1 cm³/mol. The summed E-state index contributed by atoms with van der Waals surface area (Å²) >= 11 is 0. The summed E-state index contributed by atoms with van der Waals surface area (Å²) in [6.45, 7) is 1.98. The van der Waals surface area contributed by atoms with Gasteiger partial charge in [-0.15, -0.1) is 0 Å². The van der Waals surface area contributed by atoms with Crippen LogP contribution in [-0.2, 0) is 10.8 Å². The Morgan fingerprint density at radius 3 is 2.76 bits per heavy atom. The van der Waals surface area contributed by atoms with Crippen molar-refractivity contribution in [3.8, 4) is 0 Å². The number of hydrogen-bond acceptors (Lipinski definition) is 2. The first kappa shape index (κ1) is 14.3. The van der Waals surface area contributed by atoms with Gasteiger partial charge in [-0.25, -0.2) is 8.78 Å². The zero-order chi connectivity index (χ0) is 12.8. The normalized spacial score (nSPS) is 14.6. The zero-order valence-electron chi connectivity index (χ0n) is 9.79. The fourth-order valence-electron chi connectivity index (χ4n) is 1.44. The first-order valence-corrected chi connectivity index (χ1v) is 6.95. The van der Waals surface area contributed by atoms with Gasteiger partial charge in [0.05, 0.1) is 15.7 Å². The van der Waals surface area contributed by atoms with Crippen molar-refractivity contribution in [2.45, 2.75) is 37.1 Å². The minimum Gasteiger partial charge on any atom is -0.328 e. The van der Waals surface area contributed by atoms with Gasteiger partial charge in [0, 0.05) is 11.8 Å². The fourth-order valence-corrected chi connectivity index (χ4v) is 2.62. The molecule has 0 amide bonds. The van der Waals surface area contributed by atoms with E-state index in [1.165, 1.54) is 0 Å². The van der Waals surface area contributed by atoms with E-state index in [0.29, 0.717) is 12.2 Å². The van der Waals surface area contributed by atoms with E-state index in [-0.39, 0.29) is 10.9 Å². The van der Waals surface area contributed by atoms with Gasteiger partial charge in [0.2, 0.25) is 0 Å². The highest BCUT2D eigenvalue weighted by Gasteiger charge is 2.11. The van der Waals surface area contributed by atoms with Gasteiger partial charge >= 0.3 is 0 Å². The lowest BCUT2D eigenvalue weighted by Crippen LogP contribution is -2.19. The maximum absolute atomic E-state index is 13.3. The van der Waals surface area contributed by atoms with E-state index in [1.54, 1.807) is 0 Å². The fraction of sp³-hybridized carbons (Fsp3) is 0.500. The molecule has 0 spiro atoms. The van der Waals surface area contributed by atoms with Crippen LogP contribution in [0.15, 0.2) is 23.1 Å². The van der Waals surface area contributed by atoms with E-state index < -0.39 is 22.4 Å². The molecule has 2 atom stereocenters. The minimum absolute atomic E-state index is 0.0601. The average Bonchev–Trinajstić information content (AvgIpc) is 2.31. The van der Waals surface area contributed by atoms with Gasteiger partial charge < -0.3 is 5.73 Å². The molecular formula is C12H17F2NOS. The van der Waals surface area contributed by atoms with E-state index in [4.69, 9.17) is 5.73 Å². The largest absolute Gasteiger partial charge is 0.328 e. The highest BCUT2D eigenvalue weighted by molar-refractivity contribution is 7.85. The van der Waals surface area contributed by atoms with Gasteiger partial charge in [-0.2, -0.15) is 0 Å². The van der Waals surface area contributed by atoms with Crippen LogP contribution in [0.4, 0.5) is 8.78 Å². The van der Waals surface area contributed by atoms with Crippen LogP contribution in [0.25, 0.3) is 0 Å². The summed E-state index contributed by atoms with van der Waals surface area (Å²) in [7, 11) is -1.49. The zero-order valence-corrected chi connectivity index (χ0v) is 10.6. The predicted octanol–water partition coefficient (Wildman–Crippen LogP) is 2.59. The molecule has 0 fully saturated rings. The van der Waals surface area contributed by atoms with Gasteiger partial charge in [0.25, 0.3) is 0 Å². The Hall–Kier alpha value is -0.810. The maximum atomic E-state index is 13.3. The highest BCUT2D eigenvalue weighted by Crippen LogP contribution is 2.15. The summed E-state index contributed by atoms with van der Waals surface area (Å²) in [5.74, 6) is -0.877. The lowest BCUT2D eigenvalue weighted by molar-refractivity contribution is 0.568. The average molecular weight is 261 g/mol. The summed E-state index contributed by atoms with van der Waals surface area (Å²) in [6, 6.07) is 3.10. The lowest BCUT2D eigenvalue weighted by Gasteiger charge is -2.08. The summed E-state index contributed by atoms with van der Waals surface area (Å²) in [4.78, 5) is -0.0601. The second kappa shape index (κ2) is 6.81. The van der Waals surface area contributed by atoms with Crippen LogP contribution in [0.5, 0.6) is 0 Å². The van der Waals surface area contributed by atoms with Crippen LogP contribution in [-0.4, -0.2) is 16.0 Å². The third-order valence-corrected chi connectivity index (χ3v) is 4.03. The smallest absolute Gasteiger partial charge is 0.139 e. The number of hydrogen-bond donors (Lipinski definition) is 1. The molecule has 17 heavy (non-hydrogen) atoms. The van der Waals surface area contributed by atoms with Crippen molar-refractivity contribution < 1.29 is 13.0 Å². The SMILES string of the molecule is CCC(N)CCCS(=O)c1cc(F)ccc1F. The second-order valence-corrected chi connectivity index (χ2v) is 5.47. The molecular weight excluding hydrogens is 244 g/mol. The van der Waals surface area contributed by atoms with Crippen molar-refractivity contribution >= 4 is 10.8 Å². The van der Waals surface area contributed by atoms with Gasteiger partial charge in [-0.3, -0.25) is 4.21 Å². The molecule has 2 unspecified atom stereocenters. The Morgan fingerprint density at radius 2 is 2.12 bits per heavy atom. The van der Waals surface area contributed by atoms with Crippen LogP contribution in [0, 0.1) is 11.6 Å². The Kier molecular flexibility index (Phi) is 5.71. The molecule has 0 aromatic heterocycles. The van der Waals surface area contributed by atoms with E-state index in [1.807, 2.05) is 6.92 Å². The molecule has 0 bridgehead atoms. The quantitative estimate of drug-likeness (QED) is 0.855. The standard InChI is InChI=1S/C12H17F2NOS/c1-2-10(15)4-3-7-17(16)12-8-9(13)5-6-11(12)14/h5-6,8,10H,2-4,7,15H2,1H3. The Balaban J connectivity index is 2.55. The molecule has 0 saturated carbocycles. The van der Waals surface area contributed by atoms with E-state index >= 15 is 0 Å². The van der Waals surface area contributed by atoms with Gasteiger partial charge in [0.1, 0.15) is 11.6 Å². The van der Waals surface area contributed by atoms with Crippen molar-refractivity contribution in [3.05, 3.63) is 29.8 Å². The summed E-state index contributed by atoms with van der Waals surface area (Å²) in [5.41, 5.74) is 5.72. The summed E-state index contributed by atoms with van der Waals surface area (Å²) < 4.78 is 37.9. The molecule has 1 rings (SSSR count). The van der Waals surface area contributed by atoms with Gasteiger partial charge in [-0.1, -0.05) is 6.92 Å². The molecule has 0 aliphatic heterocycles. The molecule has 2 N–H and O–H groups in total. The van der Waals surface area contributed by atoms with Crippen LogP contribution < -0.4 is 5.73 Å². The van der Waals surface area contributed by atoms with E-state index in [0.717, 1.165) is 31.0 Å². The molecule has 96 valence electrons. The third kappa shape index (κ3) is 4.52. The molecule has 0 saturated heterocycles. The second-order valence-electron chi connectivity index (χ2n) is 3.93. The van der Waals surface area contributed by atoms with Crippen LogP contribution in [0.2, 0.25) is 0 Å². The van der Waals surface area contributed by atoms with Crippen molar-refractivity contribution in [1.82, 2.24) is 0 Å². The molecule has 0 radical (unpaired) electrons. The molecule has 1 aromatic carbocycles. The number of benzene rings is 1. The van der Waals surface area contributed by atoms with Crippen molar-refractivity contribution in [3.63, 3.8) is 0 Å². The monoisotopic (exact) mass is 261 g/mol. The van der Waals surface area contributed by atoms with Crippen LogP contribution in [0.1, 0.15) is 26.2 Å². The molecule has 1 aromatic rings. The lowest BCUT2D eigenvalue weighted by atomic mass is 10.1. The van der Waals surface area contributed by atoms with E-state index in [2.05, 4.69) is 0 Å². The molecule has 0 aliphatic rings. The summed E-state index contributed by atoms with van der Waals surface area (Å²) in [6.07, 6.45) is 2.26. The molecule has 0 heterocycles. The van der Waals surface area contributed by atoms with Gasteiger partial charge in [0.15, 0.2) is 0 Å². The number of nitrogens with two attached hydrogens (primary N) is 1. The summed E-state index contributed by atoms with van der Waals surface area (Å²) in [5, 5.41) is 0. The third-order valence-electron chi connectivity index (χ3n) is 2.57. The number of rotatable bonds is 6. The Labute approximate surface area is 103 Å². The molecule has 2 nitrogen and oxygen atoms in total. The topological polar surface area (TPSA) is 43.1 Å². The number of halogens is 2. The van der Waals surface area contributed by atoms with Crippen LogP contribution >= 0.6 is 0 Å². The van der Waals surface area contributed by atoms with Crippen LogP contribution in [0.3, 0.4) is 0 Å². The Bertz CT molecular complexity index is 398. The van der Waals surface area contributed by atoms with Crippen molar-refractivity contribution in [2.75, 3.05) is 5.75 Å². The van der Waals surface area contributed by atoms with E-state index in [9.17, 15) is 13.0 Å². The minimum atomic E-state index is -1.49. The molecule has 0 aliphatic carbocycles. The Morgan fingerprint density at radius 1 is 1.41 bits per heavy atom. The first-order valence-electron chi connectivity index (χ1n) is 5.63. The molecule has 5 heteroatoms. The first-order chi connectivity index (χ1) is 8.04. The van der Waals surface area contributed by atoms with Crippen molar-refractivity contribution in [2.24, 2.45) is 5.73 Å². The highest BCUT2D eigenvalue weighted by atomic mass is 32.2.